The Morgan fingerprint density at radius 2 is 1.90 bits per heavy atom. The van der Waals surface area contributed by atoms with Crippen LogP contribution in [0.5, 0.6) is 5.75 Å². The summed E-state index contributed by atoms with van der Waals surface area (Å²) >= 11 is 0. The summed E-state index contributed by atoms with van der Waals surface area (Å²) < 4.78 is 31.7. The molecular weight excluding hydrogens is 272 g/mol. The van der Waals surface area contributed by atoms with E-state index in [0.29, 0.717) is 6.42 Å². The molecule has 2 aromatic rings. The summed E-state index contributed by atoms with van der Waals surface area (Å²) in [6.07, 6.45) is 0.677. The Labute approximate surface area is 123 Å². The van der Waals surface area contributed by atoms with Gasteiger partial charge in [0.15, 0.2) is 11.6 Å². The molecule has 0 saturated carbocycles. The molecule has 0 bridgehead atoms. The molecule has 0 aliphatic carbocycles. The topological polar surface area (TPSA) is 21.3 Å². The van der Waals surface area contributed by atoms with Crippen LogP contribution in [0, 0.1) is 11.6 Å². The van der Waals surface area contributed by atoms with Crippen molar-refractivity contribution in [2.24, 2.45) is 0 Å². The zero-order valence-corrected chi connectivity index (χ0v) is 12.2. The largest absolute Gasteiger partial charge is 0.497 e. The van der Waals surface area contributed by atoms with E-state index in [4.69, 9.17) is 4.74 Å². The lowest BCUT2D eigenvalue weighted by molar-refractivity contribution is 0.414. The van der Waals surface area contributed by atoms with E-state index in [1.807, 2.05) is 31.2 Å². The van der Waals surface area contributed by atoms with Crippen molar-refractivity contribution in [1.29, 1.82) is 0 Å². The molecule has 0 aromatic heterocycles. The molecule has 1 atom stereocenters. The number of benzene rings is 2. The van der Waals surface area contributed by atoms with Crippen LogP contribution in [0.25, 0.3) is 0 Å². The van der Waals surface area contributed by atoms with Crippen LogP contribution in [0.4, 0.5) is 8.78 Å². The summed E-state index contributed by atoms with van der Waals surface area (Å²) in [4.78, 5) is 0. The summed E-state index contributed by atoms with van der Waals surface area (Å²) in [6.45, 7) is 2.73. The van der Waals surface area contributed by atoms with E-state index >= 15 is 0 Å². The Morgan fingerprint density at radius 3 is 2.57 bits per heavy atom. The van der Waals surface area contributed by atoms with Crippen LogP contribution in [0.2, 0.25) is 0 Å². The van der Waals surface area contributed by atoms with Crippen molar-refractivity contribution in [3.05, 3.63) is 65.2 Å². The quantitative estimate of drug-likeness (QED) is 0.872. The molecule has 2 aromatic carbocycles. The average molecular weight is 291 g/mol. The van der Waals surface area contributed by atoms with E-state index in [1.165, 1.54) is 12.1 Å². The van der Waals surface area contributed by atoms with Gasteiger partial charge in [0.1, 0.15) is 5.75 Å². The number of hydrogen-bond acceptors (Lipinski definition) is 2. The van der Waals surface area contributed by atoms with E-state index in [0.717, 1.165) is 23.4 Å². The van der Waals surface area contributed by atoms with E-state index in [-0.39, 0.29) is 6.04 Å². The molecule has 0 heterocycles. The van der Waals surface area contributed by atoms with Crippen molar-refractivity contribution >= 4 is 0 Å². The van der Waals surface area contributed by atoms with Crippen molar-refractivity contribution in [3.63, 3.8) is 0 Å². The minimum atomic E-state index is -0.824. The molecule has 1 N–H and O–H groups in total. The minimum Gasteiger partial charge on any atom is -0.497 e. The van der Waals surface area contributed by atoms with Crippen LogP contribution in [0.3, 0.4) is 0 Å². The predicted molar refractivity (Wildman–Crippen MR) is 79.5 cm³/mol. The van der Waals surface area contributed by atoms with Crippen molar-refractivity contribution < 1.29 is 13.5 Å². The van der Waals surface area contributed by atoms with Gasteiger partial charge in [-0.3, -0.25) is 0 Å². The van der Waals surface area contributed by atoms with Gasteiger partial charge in [-0.25, -0.2) is 8.78 Å². The standard InChI is InChI=1S/C17H19F2NO/c1-3-20-17(13-7-8-15(18)16(19)11-13)10-12-5-4-6-14(9-12)21-2/h4-9,11,17,20H,3,10H2,1-2H3. The summed E-state index contributed by atoms with van der Waals surface area (Å²) in [5, 5.41) is 3.30. The zero-order chi connectivity index (χ0) is 15.2. The number of halogens is 2. The van der Waals surface area contributed by atoms with Crippen LogP contribution in [0.15, 0.2) is 42.5 Å². The van der Waals surface area contributed by atoms with Crippen LogP contribution in [-0.4, -0.2) is 13.7 Å². The average Bonchev–Trinajstić information content (AvgIpc) is 2.50. The first kappa shape index (κ1) is 15.4. The van der Waals surface area contributed by atoms with Crippen molar-refractivity contribution in [2.75, 3.05) is 13.7 Å². The fourth-order valence-electron chi connectivity index (χ4n) is 2.32. The van der Waals surface area contributed by atoms with E-state index in [1.54, 1.807) is 13.2 Å². The molecule has 0 saturated heterocycles. The van der Waals surface area contributed by atoms with Crippen LogP contribution in [0.1, 0.15) is 24.1 Å². The van der Waals surface area contributed by atoms with Gasteiger partial charge < -0.3 is 10.1 Å². The third-order valence-electron chi connectivity index (χ3n) is 3.37. The Hall–Kier alpha value is -1.94. The number of ether oxygens (including phenoxy) is 1. The maximum absolute atomic E-state index is 13.4. The normalized spacial score (nSPS) is 12.2. The van der Waals surface area contributed by atoms with Gasteiger partial charge in [0.25, 0.3) is 0 Å². The summed E-state index contributed by atoms with van der Waals surface area (Å²) in [6, 6.07) is 11.7. The second kappa shape index (κ2) is 7.18. The van der Waals surface area contributed by atoms with E-state index in [9.17, 15) is 8.78 Å². The van der Waals surface area contributed by atoms with Gasteiger partial charge in [-0.1, -0.05) is 25.1 Å². The third-order valence-corrected chi connectivity index (χ3v) is 3.37. The van der Waals surface area contributed by atoms with Crippen molar-refractivity contribution in [3.8, 4) is 5.75 Å². The number of nitrogens with one attached hydrogen (secondary N) is 1. The first-order chi connectivity index (χ1) is 10.1. The van der Waals surface area contributed by atoms with Gasteiger partial charge in [0.05, 0.1) is 7.11 Å². The van der Waals surface area contributed by atoms with Crippen LogP contribution >= 0.6 is 0 Å². The number of hydrogen-bond donors (Lipinski definition) is 1. The predicted octanol–water partition coefficient (Wildman–Crippen LogP) is 3.87. The number of likely N-dealkylation sites (N-methyl/N-ethyl adjacent to an activating group) is 1. The Bertz CT molecular complexity index is 601. The Balaban J connectivity index is 2.23. The van der Waals surface area contributed by atoms with Gasteiger partial charge in [0, 0.05) is 6.04 Å². The first-order valence-corrected chi connectivity index (χ1v) is 6.95. The second-order valence-electron chi connectivity index (χ2n) is 4.84. The van der Waals surface area contributed by atoms with Gasteiger partial charge >= 0.3 is 0 Å². The van der Waals surface area contributed by atoms with Crippen molar-refractivity contribution in [1.82, 2.24) is 5.32 Å². The molecule has 4 heteroatoms. The lowest BCUT2D eigenvalue weighted by Crippen LogP contribution is -2.23. The highest BCUT2D eigenvalue weighted by atomic mass is 19.2. The molecule has 21 heavy (non-hydrogen) atoms. The Morgan fingerprint density at radius 1 is 1.10 bits per heavy atom. The molecule has 0 fully saturated rings. The summed E-state index contributed by atoms with van der Waals surface area (Å²) in [5.41, 5.74) is 1.81. The SMILES string of the molecule is CCNC(Cc1cccc(OC)c1)c1ccc(F)c(F)c1. The van der Waals surface area contributed by atoms with E-state index < -0.39 is 11.6 Å². The number of methoxy groups -OCH3 is 1. The third kappa shape index (κ3) is 4.02. The zero-order valence-electron chi connectivity index (χ0n) is 12.2. The monoisotopic (exact) mass is 291 g/mol. The van der Waals surface area contributed by atoms with E-state index in [2.05, 4.69) is 5.32 Å². The number of rotatable bonds is 6. The second-order valence-corrected chi connectivity index (χ2v) is 4.84. The molecule has 0 radical (unpaired) electrons. The molecule has 0 spiro atoms. The highest BCUT2D eigenvalue weighted by molar-refractivity contribution is 5.31. The van der Waals surface area contributed by atoms with Crippen LogP contribution in [-0.2, 0) is 6.42 Å². The van der Waals surface area contributed by atoms with Gasteiger partial charge in [-0.15, -0.1) is 0 Å². The molecule has 0 aliphatic rings. The molecular formula is C17H19F2NO. The lowest BCUT2D eigenvalue weighted by Gasteiger charge is -2.19. The van der Waals surface area contributed by atoms with Crippen LogP contribution < -0.4 is 10.1 Å². The molecule has 0 amide bonds. The summed E-state index contributed by atoms with van der Waals surface area (Å²) in [7, 11) is 1.62. The maximum atomic E-state index is 13.4. The molecule has 2 nitrogen and oxygen atoms in total. The smallest absolute Gasteiger partial charge is 0.159 e. The molecule has 112 valence electrons. The molecule has 2 rings (SSSR count). The highest BCUT2D eigenvalue weighted by Gasteiger charge is 2.14. The molecule has 1 unspecified atom stereocenters. The van der Waals surface area contributed by atoms with Crippen molar-refractivity contribution in [2.45, 2.75) is 19.4 Å². The minimum absolute atomic E-state index is 0.0720. The fourth-order valence-corrected chi connectivity index (χ4v) is 2.32. The summed E-state index contributed by atoms with van der Waals surface area (Å²) in [5.74, 6) is -0.857. The lowest BCUT2D eigenvalue weighted by atomic mass is 9.98. The van der Waals surface area contributed by atoms with Gasteiger partial charge in [-0.05, 0) is 48.4 Å². The maximum Gasteiger partial charge on any atom is 0.159 e. The Kier molecular flexibility index (Phi) is 5.28. The molecule has 0 aliphatic heterocycles. The first-order valence-electron chi connectivity index (χ1n) is 6.95. The highest BCUT2D eigenvalue weighted by Crippen LogP contribution is 2.22. The van der Waals surface area contributed by atoms with Gasteiger partial charge in [0.2, 0.25) is 0 Å². The van der Waals surface area contributed by atoms with Gasteiger partial charge in [-0.2, -0.15) is 0 Å². The fraction of sp³-hybridized carbons (Fsp3) is 0.294.